The first-order valence-electron chi connectivity index (χ1n) is 7.72. The van der Waals surface area contributed by atoms with Crippen LogP contribution in [0.4, 0.5) is 0 Å². The van der Waals surface area contributed by atoms with E-state index in [1.165, 1.54) is 0 Å². The molecule has 0 radical (unpaired) electrons. The van der Waals surface area contributed by atoms with Crippen molar-refractivity contribution in [1.82, 2.24) is 14.8 Å². The largest absolute Gasteiger partial charge is 0.341 e. The van der Waals surface area contributed by atoms with Crippen LogP contribution in [0, 0.1) is 0 Å². The summed E-state index contributed by atoms with van der Waals surface area (Å²) in [6.45, 7) is 5.32. The van der Waals surface area contributed by atoms with E-state index in [2.05, 4.69) is 4.98 Å². The van der Waals surface area contributed by atoms with Crippen molar-refractivity contribution in [3.63, 3.8) is 0 Å². The van der Waals surface area contributed by atoms with Crippen molar-refractivity contribution in [3.8, 4) is 0 Å². The second-order valence-electron chi connectivity index (χ2n) is 5.25. The third kappa shape index (κ3) is 4.00. The first-order valence-corrected chi connectivity index (χ1v) is 8.87. The van der Waals surface area contributed by atoms with E-state index in [0.29, 0.717) is 37.6 Å². The molecule has 0 N–H and O–H groups in total. The molecule has 0 bridgehead atoms. The number of thioether (sulfide) groups is 1. The summed E-state index contributed by atoms with van der Waals surface area (Å²) in [5.41, 5.74) is 1.10. The molecule has 1 atom stereocenters. The van der Waals surface area contributed by atoms with Crippen molar-refractivity contribution in [2.24, 2.45) is 0 Å². The van der Waals surface area contributed by atoms with Gasteiger partial charge in [0.25, 0.3) is 0 Å². The second kappa shape index (κ2) is 8.17. The van der Waals surface area contributed by atoms with Crippen LogP contribution in [0.2, 0.25) is 0 Å². The van der Waals surface area contributed by atoms with E-state index >= 15 is 0 Å². The maximum Gasteiger partial charge on any atom is 0.246 e. The van der Waals surface area contributed by atoms with Crippen LogP contribution in [0.25, 0.3) is 0 Å². The second-order valence-corrected chi connectivity index (χ2v) is 6.24. The van der Waals surface area contributed by atoms with Crippen molar-refractivity contribution in [3.05, 3.63) is 30.1 Å². The molecule has 1 aromatic heterocycles. The Bertz CT molecular complexity index is 505. The van der Waals surface area contributed by atoms with Crippen molar-refractivity contribution in [2.45, 2.75) is 32.7 Å². The first-order chi connectivity index (χ1) is 10.7. The molecule has 1 aliphatic rings. The van der Waals surface area contributed by atoms with Crippen LogP contribution in [-0.2, 0) is 16.0 Å². The highest BCUT2D eigenvalue weighted by Crippen LogP contribution is 2.23. The molecule has 1 saturated heterocycles. The lowest BCUT2D eigenvalue weighted by atomic mass is 10.1. The number of likely N-dealkylation sites (N-methyl/N-ethyl adjacent to an activating group) is 1. The molecule has 22 heavy (non-hydrogen) atoms. The molecule has 2 amide bonds. The smallest absolute Gasteiger partial charge is 0.246 e. The summed E-state index contributed by atoms with van der Waals surface area (Å²) in [7, 11) is 0. The third-order valence-corrected chi connectivity index (χ3v) is 4.95. The van der Waals surface area contributed by atoms with Crippen molar-refractivity contribution in [2.75, 3.05) is 24.7 Å². The zero-order valence-corrected chi connectivity index (χ0v) is 14.0. The van der Waals surface area contributed by atoms with Gasteiger partial charge >= 0.3 is 0 Å². The van der Waals surface area contributed by atoms with Gasteiger partial charge in [0, 0.05) is 37.7 Å². The van der Waals surface area contributed by atoms with Gasteiger partial charge in [0.1, 0.15) is 6.04 Å². The van der Waals surface area contributed by atoms with E-state index < -0.39 is 0 Å². The van der Waals surface area contributed by atoms with Crippen molar-refractivity contribution >= 4 is 23.6 Å². The number of carbonyl (C=O) groups is 2. The monoisotopic (exact) mass is 321 g/mol. The predicted octanol–water partition coefficient (Wildman–Crippen LogP) is 1.78. The zero-order valence-electron chi connectivity index (χ0n) is 13.2. The molecule has 2 rings (SSSR count). The van der Waals surface area contributed by atoms with Gasteiger partial charge in [0.15, 0.2) is 0 Å². The maximum absolute atomic E-state index is 12.5. The third-order valence-electron chi connectivity index (χ3n) is 3.94. The van der Waals surface area contributed by atoms with E-state index in [9.17, 15) is 9.59 Å². The highest BCUT2D eigenvalue weighted by atomic mass is 32.2. The molecule has 120 valence electrons. The van der Waals surface area contributed by atoms with E-state index in [4.69, 9.17) is 0 Å². The zero-order chi connectivity index (χ0) is 15.9. The summed E-state index contributed by atoms with van der Waals surface area (Å²) in [4.78, 5) is 32.5. The van der Waals surface area contributed by atoms with E-state index in [0.717, 1.165) is 5.56 Å². The van der Waals surface area contributed by atoms with E-state index in [1.54, 1.807) is 34.0 Å². The number of rotatable bonds is 6. The van der Waals surface area contributed by atoms with Crippen LogP contribution in [-0.4, -0.2) is 57.4 Å². The minimum atomic E-state index is -0.296. The van der Waals surface area contributed by atoms with Gasteiger partial charge in [-0.1, -0.05) is 0 Å². The summed E-state index contributed by atoms with van der Waals surface area (Å²) in [6.07, 6.45) is 4.59. The number of pyridine rings is 1. The van der Waals surface area contributed by atoms with Gasteiger partial charge in [-0.2, -0.15) is 0 Å². The van der Waals surface area contributed by atoms with Crippen molar-refractivity contribution < 1.29 is 9.59 Å². The Hall–Kier alpha value is -1.56. The van der Waals surface area contributed by atoms with Gasteiger partial charge in [-0.15, -0.1) is 11.8 Å². The molecule has 1 fully saturated rings. The fraction of sp³-hybridized carbons (Fsp3) is 0.562. The number of amides is 2. The predicted molar refractivity (Wildman–Crippen MR) is 88.4 cm³/mol. The molecule has 0 aromatic carbocycles. The molecule has 5 nitrogen and oxygen atoms in total. The van der Waals surface area contributed by atoms with E-state index in [1.807, 2.05) is 26.0 Å². The van der Waals surface area contributed by atoms with Crippen LogP contribution < -0.4 is 0 Å². The molecule has 1 aliphatic heterocycles. The standard InChI is InChI=1S/C16H23N3O2S/c1-3-18(4-2)16(21)14-11-22-12-19(14)15(20)6-5-13-7-9-17-10-8-13/h7-10,14H,3-6,11-12H2,1-2H3/t14-/m0/s1. The fourth-order valence-electron chi connectivity index (χ4n) is 2.58. The first kappa shape index (κ1) is 16.8. The number of aromatic nitrogens is 1. The van der Waals surface area contributed by atoms with Gasteiger partial charge in [0.2, 0.25) is 11.8 Å². The molecule has 0 saturated carbocycles. The average molecular weight is 321 g/mol. The summed E-state index contributed by atoms with van der Waals surface area (Å²) < 4.78 is 0. The minimum absolute atomic E-state index is 0.0623. The molecular formula is C16H23N3O2S. The molecule has 0 spiro atoms. The lowest BCUT2D eigenvalue weighted by Gasteiger charge is -2.28. The normalized spacial score (nSPS) is 17.5. The number of carbonyl (C=O) groups excluding carboxylic acids is 2. The van der Waals surface area contributed by atoms with Crippen molar-refractivity contribution in [1.29, 1.82) is 0 Å². The lowest BCUT2D eigenvalue weighted by molar-refractivity contribution is -0.143. The summed E-state index contributed by atoms with van der Waals surface area (Å²) in [5, 5.41) is 0. The Balaban J connectivity index is 1.94. The Morgan fingerprint density at radius 3 is 2.64 bits per heavy atom. The molecule has 0 unspecified atom stereocenters. The molecule has 2 heterocycles. The van der Waals surface area contributed by atoms with Crippen LogP contribution in [0.3, 0.4) is 0 Å². The number of hydrogen-bond acceptors (Lipinski definition) is 4. The Labute approximate surface area is 136 Å². The highest BCUT2D eigenvalue weighted by molar-refractivity contribution is 7.99. The summed E-state index contributed by atoms with van der Waals surface area (Å²) in [5.74, 6) is 1.46. The van der Waals surface area contributed by atoms with Gasteiger partial charge in [0.05, 0.1) is 5.88 Å². The van der Waals surface area contributed by atoms with E-state index in [-0.39, 0.29) is 17.9 Å². The fourth-order valence-corrected chi connectivity index (χ4v) is 3.76. The van der Waals surface area contributed by atoms with Crippen LogP contribution in [0.15, 0.2) is 24.5 Å². The Morgan fingerprint density at radius 2 is 2.00 bits per heavy atom. The summed E-state index contributed by atoms with van der Waals surface area (Å²) in [6, 6.07) is 3.55. The van der Waals surface area contributed by atoms with Gasteiger partial charge < -0.3 is 9.80 Å². The van der Waals surface area contributed by atoms with Gasteiger partial charge in [-0.05, 0) is 38.0 Å². The SMILES string of the molecule is CCN(CC)C(=O)[C@@H]1CSCN1C(=O)CCc1ccncc1. The number of aryl methyl sites for hydroxylation is 1. The van der Waals surface area contributed by atoms with Crippen LogP contribution in [0.1, 0.15) is 25.8 Å². The average Bonchev–Trinajstić information content (AvgIpc) is 3.04. The quantitative estimate of drug-likeness (QED) is 0.801. The molecule has 6 heteroatoms. The Morgan fingerprint density at radius 1 is 1.32 bits per heavy atom. The minimum Gasteiger partial charge on any atom is -0.341 e. The van der Waals surface area contributed by atoms with Gasteiger partial charge in [-0.25, -0.2) is 0 Å². The molecule has 1 aromatic rings. The highest BCUT2D eigenvalue weighted by Gasteiger charge is 2.35. The van der Waals surface area contributed by atoms with Crippen LogP contribution in [0.5, 0.6) is 0 Å². The maximum atomic E-state index is 12.5. The Kier molecular flexibility index (Phi) is 6.24. The molecular weight excluding hydrogens is 298 g/mol. The number of nitrogens with zero attached hydrogens (tertiary/aromatic N) is 3. The van der Waals surface area contributed by atoms with Gasteiger partial charge in [-0.3, -0.25) is 14.6 Å². The lowest BCUT2D eigenvalue weighted by Crippen LogP contribution is -2.49. The topological polar surface area (TPSA) is 53.5 Å². The summed E-state index contributed by atoms with van der Waals surface area (Å²) >= 11 is 1.65. The number of hydrogen-bond donors (Lipinski definition) is 0. The molecule has 0 aliphatic carbocycles. The van der Waals surface area contributed by atoms with Crippen LogP contribution >= 0.6 is 11.8 Å².